The molecule has 0 aromatic rings. The summed E-state index contributed by atoms with van der Waals surface area (Å²) in [6, 6.07) is -2.06. The van der Waals surface area contributed by atoms with Gasteiger partial charge in [0.15, 0.2) is 0 Å². The van der Waals surface area contributed by atoms with E-state index in [1.54, 1.807) is 0 Å². The zero-order valence-corrected chi connectivity index (χ0v) is 9.01. The summed E-state index contributed by atoms with van der Waals surface area (Å²) in [5.74, 6) is -2.79. The Morgan fingerprint density at radius 3 is 2.12 bits per heavy atom. The first-order chi connectivity index (χ1) is 7.47. The van der Waals surface area contributed by atoms with E-state index in [2.05, 4.69) is 5.73 Å². The van der Waals surface area contributed by atoms with Gasteiger partial charge in [0.25, 0.3) is 0 Å². The van der Waals surface area contributed by atoms with E-state index in [1.165, 1.54) is 0 Å². The highest BCUT2D eigenvalue weighted by atomic mass is 32.2. The fourth-order valence-electron chi connectivity index (χ4n) is 0.774. The Bertz CT molecular complexity index is 404. The molecule has 11 heteroatoms. The second kappa shape index (κ2) is 5.31. The molecule has 0 radical (unpaired) electrons. The van der Waals surface area contributed by atoms with Gasteiger partial charge in [-0.1, -0.05) is 0 Å². The van der Waals surface area contributed by atoms with Crippen molar-refractivity contribution in [2.45, 2.75) is 24.4 Å². The average molecular weight is 278 g/mol. The molecule has 0 spiro atoms. The molecule has 1 amide bonds. The summed E-state index contributed by atoms with van der Waals surface area (Å²) in [5, 5.41) is 8.47. The van der Waals surface area contributed by atoms with Gasteiger partial charge in [-0.25, -0.2) is 8.42 Å². The molecule has 0 aliphatic heterocycles. The number of rotatable bonds is 6. The van der Waals surface area contributed by atoms with E-state index in [1.807, 2.05) is 0 Å². The maximum atomic E-state index is 11.9. The summed E-state index contributed by atoms with van der Waals surface area (Å²) in [7, 11) is -5.77. The predicted octanol–water partition coefficient (Wildman–Crippen LogP) is -0.856. The van der Waals surface area contributed by atoms with Gasteiger partial charge in [0, 0.05) is 6.42 Å². The van der Waals surface area contributed by atoms with Crippen molar-refractivity contribution in [3.05, 3.63) is 0 Å². The molecule has 0 rings (SSSR count). The highest BCUT2D eigenvalue weighted by Gasteiger charge is 2.47. The topological polar surface area (TPSA) is 127 Å². The van der Waals surface area contributed by atoms with Gasteiger partial charge in [0.2, 0.25) is 5.91 Å². The van der Waals surface area contributed by atoms with Crippen LogP contribution in [-0.2, 0) is 19.6 Å². The molecule has 0 saturated carbocycles. The van der Waals surface area contributed by atoms with Crippen molar-refractivity contribution in [2.24, 2.45) is 5.73 Å². The third kappa shape index (κ3) is 4.99. The number of nitrogens with two attached hydrogens (primary N) is 1. The molecule has 0 fully saturated rings. The summed E-state index contributed by atoms with van der Waals surface area (Å²) in [5.41, 5.74) is -0.959. The molecule has 0 aromatic carbocycles. The molecule has 1 unspecified atom stereocenters. The van der Waals surface area contributed by atoms with Crippen molar-refractivity contribution in [2.75, 3.05) is 0 Å². The number of halogens is 3. The summed E-state index contributed by atoms with van der Waals surface area (Å²) < 4.78 is 57.9. The third-order valence-corrected chi connectivity index (χ3v) is 2.78. The highest BCUT2D eigenvalue weighted by Crippen LogP contribution is 2.22. The Morgan fingerprint density at radius 2 is 1.82 bits per heavy atom. The smallest absolute Gasteiger partial charge is 0.480 e. The Kier molecular flexibility index (Phi) is 4.89. The normalized spacial score (nSPS) is 14.3. The molecular weight excluding hydrogens is 269 g/mol. The van der Waals surface area contributed by atoms with E-state index in [0.29, 0.717) is 0 Å². The van der Waals surface area contributed by atoms with Gasteiger partial charge in [0.1, 0.15) is 6.04 Å². The fourth-order valence-corrected chi connectivity index (χ4v) is 1.50. The van der Waals surface area contributed by atoms with E-state index < -0.39 is 46.3 Å². The monoisotopic (exact) mass is 278 g/mol. The quantitative estimate of drug-likeness (QED) is 0.583. The van der Waals surface area contributed by atoms with Crippen LogP contribution in [-0.4, -0.2) is 37.0 Å². The second-order valence-electron chi connectivity index (χ2n) is 2.96. The Hall–Kier alpha value is -1.36. The van der Waals surface area contributed by atoms with E-state index in [4.69, 9.17) is 5.11 Å². The Morgan fingerprint density at radius 1 is 1.35 bits per heavy atom. The standard InChI is InChI=1S/C6H9F3N2O5S/c7-6(8,9)17(15,16)11-3(5(13)14)1-2-4(10)12/h3,11H,1-2H2,(H2,10,12)(H,13,14). The van der Waals surface area contributed by atoms with Crippen LogP contribution in [0, 0.1) is 0 Å². The van der Waals surface area contributed by atoms with Gasteiger partial charge < -0.3 is 10.8 Å². The minimum atomic E-state index is -5.77. The molecule has 7 nitrogen and oxygen atoms in total. The van der Waals surface area contributed by atoms with Crippen LogP contribution in [0.1, 0.15) is 12.8 Å². The van der Waals surface area contributed by atoms with Crippen molar-refractivity contribution in [3.63, 3.8) is 0 Å². The number of hydrogen-bond donors (Lipinski definition) is 3. The summed E-state index contributed by atoms with van der Waals surface area (Å²) >= 11 is 0. The number of carboxylic acid groups (broad SMARTS) is 1. The maximum absolute atomic E-state index is 11.9. The fraction of sp³-hybridized carbons (Fsp3) is 0.667. The SMILES string of the molecule is NC(=O)CCC(NS(=O)(=O)C(F)(F)F)C(=O)O. The van der Waals surface area contributed by atoms with Gasteiger partial charge in [-0.15, -0.1) is 0 Å². The first-order valence-corrected chi connectivity index (χ1v) is 5.55. The number of primary amides is 1. The number of hydrogen-bond acceptors (Lipinski definition) is 4. The Labute approximate surface area is 93.8 Å². The lowest BCUT2D eigenvalue weighted by atomic mass is 10.2. The van der Waals surface area contributed by atoms with Crippen molar-refractivity contribution in [1.82, 2.24) is 4.72 Å². The lowest BCUT2D eigenvalue weighted by Gasteiger charge is -2.15. The second-order valence-corrected chi connectivity index (χ2v) is 4.67. The molecule has 17 heavy (non-hydrogen) atoms. The van der Waals surface area contributed by atoms with Crippen LogP contribution in [0.3, 0.4) is 0 Å². The van der Waals surface area contributed by atoms with Crippen molar-refractivity contribution in [3.8, 4) is 0 Å². The van der Waals surface area contributed by atoms with E-state index >= 15 is 0 Å². The largest absolute Gasteiger partial charge is 0.511 e. The highest BCUT2D eigenvalue weighted by molar-refractivity contribution is 7.90. The zero-order valence-electron chi connectivity index (χ0n) is 8.19. The van der Waals surface area contributed by atoms with Gasteiger partial charge in [-0.05, 0) is 6.42 Å². The number of sulfonamides is 1. The number of carbonyl (C=O) groups excluding carboxylic acids is 1. The number of carbonyl (C=O) groups is 2. The number of alkyl halides is 3. The van der Waals surface area contributed by atoms with Crippen LogP contribution < -0.4 is 10.5 Å². The number of aliphatic carboxylic acids is 1. The molecule has 0 bridgehead atoms. The molecule has 0 aliphatic carbocycles. The third-order valence-electron chi connectivity index (χ3n) is 1.58. The summed E-state index contributed by atoms with van der Waals surface area (Å²) in [6.45, 7) is 0. The zero-order chi connectivity index (χ0) is 13.9. The summed E-state index contributed by atoms with van der Waals surface area (Å²) in [4.78, 5) is 20.8. The molecular formula is C6H9F3N2O5S. The van der Waals surface area contributed by atoms with E-state index in [0.717, 1.165) is 4.72 Å². The van der Waals surface area contributed by atoms with Gasteiger partial charge in [-0.3, -0.25) is 9.59 Å². The molecule has 0 aliphatic rings. The van der Waals surface area contributed by atoms with Crippen LogP contribution in [0.15, 0.2) is 0 Å². The van der Waals surface area contributed by atoms with E-state index in [9.17, 15) is 31.2 Å². The maximum Gasteiger partial charge on any atom is 0.511 e. The molecule has 100 valence electrons. The van der Waals surface area contributed by atoms with Crippen molar-refractivity contribution in [1.29, 1.82) is 0 Å². The molecule has 0 heterocycles. The van der Waals surface area contributed by atoms with Crippen LogP contribution >= 0.6 is 0 Å². The minimum absolute atomic E-state index is 0.558. The molecule has 0 aromatic heterocycles. The lowest BCUT2D eigenvalue weighted by molar-refractivity contribution is -0.139. The van der Waals surface area contributed by atoms with Gasteiger partial charge >= 0.3 is 21.5 Å². The van der Waals surface area contributed by atoms with Crippen LogP contribution in [0.4, 0.5) is 13.2 Å². The van der Waals surface area contributed by atoms with Gasteiger partial charge in [-0.2, -0.15) is 17.9 Å². The number of amides is 1. The van der Waals surface area contributed by atoms with E-state index in [-0.39, 0.29) is 0 Å². The predicted molar refractivity (Wildman–Crippen MR) is 48.0 cm³/mol. The van der Waals surface area contributed by atoms with Gasteiger partial charge in [0.05, 0.1) is 0 Å². The molecule has 0 saturated heterocycles. The Balaban J connectivity index is 4.79. The number of carboxylic acids is 1. The van der Waals surface area contributed by atoms with Crippen molar-refractivity contribution >= 4 is 21.9 Å². The first kappa shape index (κ1) is 15.6. The molecule has 4 N–H and O–H groups in total. The lowest BCUT2D eigenvalue weighted by Crippen LogP contribution is -2.46. The molecule has 1 atom stereocenters. The van der Waals surface area contributed by atoms with Crippen LogP contribution in [0.2, 0.25) is 0 Å². The number of nitrogens with one attached hydrogen (secondary N) is 1. The van der Waals surface area contributed by atoms with Crippen LogP contribution in [0.25, 0.3) is 0 Å². The van der Waals surface area contributed by atoms with Crippen molar-refractivity contribution < 1.29 is 36.3 Å². The first-order valence-electron chi connectivity index (χ1n) is 4.07. The summed E-state index contributed by atoms with van der Waals surface area (Å²) in [6.07, 6.45) is -1.22. The minimum Gasteiger partial charge on any atom is -0.480 e. The average Bonchev–Trinajstić information content (AvgIpc) is 2.09. The van der Waals surface area contributed by atoms with Crippen LogP contribution in [0.5, 0.6) is 0 Å².